The van der Waals surface area contributed by atoms with Gasteiger partial charge in [0.1, 0.15) is 6.04 Å². The third-order valence-corrected chi connectivity index (χ3v) is 4.45. The molecule has 0 aromatic heterocycles. The second-order valence-electron chi connectivity index (χ2n) is 5.93. The molecule has 1 N–H and O–H groups in total. The molecule has 0 bridgehead atoms. The van der Waals surface area contributed by atoms with Crippen molar-refractivity contribution in [2.75, 3.05) is 6.54 Å². The Morgan fingerprint density at radius 3 is 2.61 bits per heavy atom. The molecule has 124 valence electrons. The lowest BCUT2D eigenvalue weighted by molar-refractivity contribution is -0.141. The van der Waals surface area contributed by atoms with Crippen LogP contribution in [0.1, 0.15) is 42.9 Å². The van der Waals surface area contributed by atoms with Gasteiger partial charge in [0.25, 0.3) is 0 Å². The maximum atomic E-state index is 13.2. The molecule has 0 spiro atoms. The van der Waals surface area contributed by atoms with Crippen LogP contribution in [0, 0.1) is 0 Å². The number of alkyl halides is 3. The average Bonchev–Trinajstić information content (AvgIpc) is 3.14. The van der Waals surface area contributed by atoms with Crippen molar-refractivity contribution in [3.05, 3.63) is 35.4 Å². The minimum Gasteiger partial charge on any atom is -0.344 e. The molecule has 0 aliphatic carbocycles. The highest BCUT2D eigenvalue weighted by atomic mass is 19.4. The Morgan fingerprint density at radius 2 is 1.96 bits per heavy atom. The first-order valence-corrected chi connectivity index (χ1v) is 7.64. The quantitative estimate of drug-likeness (QED) is 0.908. The molecule has 2 heterocycles. The highest BCUT2D eigenvalue weighted by Gasteiger charge is 2.41. The van der Waals surface area contributed by atoms with Crippen LogP contribution in [0.3, 0.4) is 0 Å². The molecule has 2 aliphatic rings. The van der Waals surface area contributed by atoms with Crippen molar-refractivity contribution in [3.8, 4) is 0 Å². The molecule has 2 saturated heterocycles. The zero-order chi connectivity index (χ0) is 16.6. The first-order chi connectivity index (χ1) is 10.9. The summed E-state index contributed by atoms with van der Waals surface area (Å²) in [6, 6.07) is 4.20. The molecule has 2 amide bonds. The molecule has 7 heteroatoms. The molecule has 1 aromatic carbocycles. The zero-order valence-corrected chi connectivity index (χ0v) is 12.4. The van der Waals surface area contributed by atoms with Crippen molar-refractivity contribution in [1.82, 2.24) is 10.2 Å². The number of amides is 2. The van der Waals surface area contributed by atoms with Gasteiger partial charge in [-0.15, -0.1) is 0 Å². The monoisotopic (exact) mass is 326 g/mol. The molecule has 3 rings (SSSR count). The van der Waals surface area contributed by atoms with Crippen LogP contribution < -0.4 is 5.32 Å². The Kier molecular flexibility index (Phi) is 4.04. The highest BCUT2D eigenvalue weighted by Crippen LogP contribution is 2.40. The second-order valence-corrected chi connectivity index (χ2v) is 5.93. The topological polar surface area (TPSA) is 49.4 Å². The number of rotatable bonds is 2. The van der Waals surface area contributed by atoms with Crippen LogP contribution in [0.15, 0.2) is 24.3 Å². The van der Waals surface area contributed by atoms with Gasteiger partial charge in [-0.05, 0) is 30.9 Å². The number of hydrogen-bond acceptors (Lipinski definition) is 2. The molecule has 2 atom stereocenters. The lowest BCUT2D eigenvalue weighted by atomic mass is 9.97. The van der Waals surface area contributed by atoms with Crippen LogP contribution in [0.25, 0.3) is 0 Å². The number of carbonyl (C=O) groups is 2. The van der Waals surface area contributed by atoms with Gasteiger partial charge in [0.05, 0.1) is 11.6 Å². The fourth-order valence-corrected chi connectivity index (χ4v) is 3.40. The molecular formula is C16H17F3N2O2. The molecule has 2 fully saturated rings. The van der Waals surface area contributed by atoms with Crippen LogP contribution in [-0.2, 0) is 15.8 Å². The number of likely N-dealkylation sites (tertiary alicyclic amines) is 1. The molecule has 0 radical (unpaired) electrons. The Balaban J connectivity index is 1.88. The number of carbonyl (C=O) groups excluding carboxylic acids is 2. The van der Waals surface area contributed by atoms with Crippen molar-refractivity contribution < 1.29 is 22.8 Å². The van der Waals surface area contributed by atoms with Gasteiger partial charge in [0.15, 0.2) is 0 Å². The van der Waals surface area contributed by atoms with E-state index in [4.69, 9.17) is 0 Å². The largest absolute Gasteiger partial charge is 0.416 e. The predicted molar refractivity (Wildman–Crippen MR) is 76.3 cm³/mol. The summed E-state index contributed by atoms with van der Waals surface area (Å²) >= 11 is 0. The molecule has 4 nitrogen and oxygen atoms in total. The maximum Gasteiger partial charge on any atom is 0.416 e. The Morgan fingerprint density at radius 1 is 1.22 bits per heavy atom. The van der Waals surface area contributed by atoms with E-state index in [1.165, 1.54) is 17.0 Å². The third kappa shape index (κ3) is 3.04. The Hall–Kier alpha value is -2.05. The smallest absolute Gasteiger partial charge is 0.344 e. The van der Waals surface area contributed by atoms with E-state index in [-0.39, 0.29) is 23.8 Å². The van der Waals surface area contributed by atoms with Gasteiger partial charge >= 0.3 is 6.18 Å². The number of hydrogen-bond donors (Lipinski definition) is 1. The van der Waals surface area contributed by atoms with Gasteiger partial charge in [-0.2, -0.15) is 13.2 Å². The van der Waals surface area contributed by atoms with Gasteiger partial charge in [-0.1, -0.05) is 18.2 Å². The zero-order valence-electron chi connectivity index (χ0n) is 12.4. The van der Waals surface area contributed by atoms with Crippen LogP contribution >= 0.6 is 0 Å². The van der Waals surface area contributed by atoms with Crippen molar-refractivity contribution in [2.24, 2.45) is 0 Å². The minimum absolute atomic E-state index is 0.134. The van der Waals surface area contributed by atoms with Crippen molar-refractivity contribution in [2.45, 2.75) is 43.9 Å². The molecule has 23 heavy (non-hydrogen) atoms. The predicted octanol–water partition coefficient (Wildman–Crippen LogP) is 2.65. The SMILES string of the molecule is O=C1CC[C@H](C(=O)N2CCC[C@H]2c2ccccc2C(F)(F)F)N1. The van der Waals surface area contributed by atoms with Gasteiger partial charge in [0, 0.05) is 13.0 Å². The lowest BCUT2D eigenvalue weighted by Crippen LogP contribution is -2.44. The normalized spacial score (nSPS) is 24.8. The standard InChI is InChI=1S/C16H17F3N2O2/c17-16(18,19)11-5-2-1-4-10(11)13-6-3-9-21(13)15(23)12-7-8-14(22)20-12/h1-2,4-5,12-13H,3,6-9H2,(H,20,22)/t12-,13+/m1/s1. The van der Waals surface area contributed by atoms with E-state index < -0.39 is 23.8 Å². The van der Waals surface area contributed by atoms with Crippen LogP contribution in [-0.4, -0.2) is 29.3 Å². The van der Waals surface area contributed by atoms with Crippen LogP contribution in [0.4, 0.5) is 13.2 Å². The fourth-order valence-electron chi connectivity index (χ4n) is 3.40. The lowest BCUT2D eigenvalue weighted by Gasteiger charge is -2.29. The van der Waals surface area contributed by atoms with E-state index in [0.717, 1.165) is 6.07 Å². The number of benzene rings is 1. The second kappa shape index (κ2) is 5.86. The summed E-state index contributed by atoms with van der Waals surface area (Å²) in [4.78, 5) is 25.3. The first-order valence-electron chi connectivity index (χ1n) is 7.64. The van der Waals surface area contributed by atoms with Crippen LogP contribution in [0.5, 0.6) is 0 Å². The van der Waals surface area contributed by atoms with Gasteiger partial charge in [-0.3, -0.25) is 9.59 Å². The third-order valence-electron chi connectivity index (χ3n) is 4.45. The van der Waals surface area contributed by atoms with E-state index >= 15 is 0 Å². The number of halogens is 3. The molecule has 0 saturated carbocycles. The number of nitrogens with zero attached hydrogens (tertiary/aromatic N) is 1. The summed E-state index contributed by atoms with van der Waals surface area (Å²) in [6.45, 7) is 0.419. The maximum absolute atomic E-state index is 13.2. The molecule has 0 unspecified atom stereocenters. The molecular weight excluding hydrogens is 309 g/mol. The van der Waals surface area contributed by atoms with Crippen LogP contribution in [0.2, 0.25) is 0 Å². The minimum atomic E-state index is -4.45. The summed E-state index contributed by atoms with van der Waals surface area (Å²) in [5.41, 5.74) is -0.560. The van der Waals surface area contributed by atoms with E-state index in [1.54, 1.807) is 6.07 Å². The average molecular weight is 326 g/mol. The highest BCUT2D eigenvalue weighted by molar-refractivity contribution is 5.91. The van der Waals surface area contributed by atoms with Crippen molar-refractivity contribution in [1.29, 1.82) is 0 Å². The summed E-state index contributed by atoms with van der Waals surface area (Å²) in [5.74, 6) is -0.467. The van der Waals surface area contributed by atoms with Crippen molar-refractivity contribution in [3.63, 3.8) is 0 Å². The molecule has 1 aromatic rings. The van der Waals surface area contributed by atoms with Crippen molar-refractivity contribution >= 4 is 11.8 Å². The van der Waals surface area contributed by atoms with Gasteiger partial charge in [0.2, 0.25) is 11.8 Å². The Bertz CT molecular complexity index is 630. The Labute approximate surface area is 131 Å². The van der Waals surface area contributed by atoms with E-state index in [2.05, 4.69) is 5.32 Å². The summed E-state index contributed by atoms with van der Waals surface area (Å²) < 4.78 is 39.7. The summed E-state index contributed by atoms with van der Waals surface area (Å²) in [5, 5.41) is 2.60. The summed E-state index contributed by atoms with van der Waals surface area (Å²) in [6.07, 6.45) is -2.60. The summed E-state index contributed by atoms with van der Waals surface area (Å²) in [7, 11) is 0. The van der Waals surface area contributed by atoms with Gasteiger partial charge < -0.3 is 10.2 Å². The van der Waals surface area contributed by atoms with E-state index in [1.807, 2.05) is 0 Å². The van der Waals surface area contributed by atoms with E-state index in [0.29, 0.717) is 25.8 Å². The first kappa shape index (κ1) is 15.8. The van der Waals surface area contributed by atoms with Gasteiger partial charge in [-0.25, -0.2) is 0 Å². The van der Waals surface area contributed by atoms with E-state index in [9.17, 15) is 22.8 Å². The fraction of sp³-hybridized carbons (Fsp3) is 0.500. The molecule has 2 aliphatic heterocycles. The number of nitrogens with one attached hydrogen (secondary N) is 1.